The summed E-state index contributed by atoms with van der Waals surface area (Å²) in [5.74, 6) is 1.29. The van der Waals surface area contributed by atoms with Crippen LogP contribution < -0.4 is 5.73 Å². The van der Waals surface area contributed by atoms with Crippen molar-refractivity contribution in [2.75, 3.05) is 0 Å². The van der Waals surface area contributed by atoms with Gasteiger partial charge in [0, 0.05) is 6.04 Å². The second-order valence-electron chi connectivity index (χ2n) is 6.10. The van der Waals surface area contributed by atoms with E-state index in [9.17, 15) is 0 Å². The summed E-state index contributed by atoms with van der Waals surface area (Å²) in [7, 11) is 0. The van der Waals surface area contributed by atoms with Gasteiger partial charge in [-0.05, 0) is 42.2 Å². The molecule has 0 aliphatic heterocycles. The summed E-state index contributed by atoms with van der Waals surface area (Å²) in [6.45, 7) is 8.98. The zero-order chi connectivity index (χ0) is 14.3. The van der Waals surface area contributed by atoms with Gasteiger partial charge in [-0.15, -0.1) is 0 Å². The van der Waals surface area contributed by atoms with Crippen LogP contribution in [0.3, 0.4) is 0 Å². The normalized spacial score (nSPS) is 13.2. The van der Waals surface area contributed by atoms with Crippen LogP contribution in [-0.2, 0) is 6.42 Å². The summed E-state index contributed by atoms with van der Waals surface area (Å²) >= 11 is 0. The van der Waals surface area contributed by atoms with Gasteiger partial charge in [0.25, 0.3) is 0 Å². The Bertz CT molecular complexity index is 333. The monoisotopic (exact) mass is 261 g/mol. The molecule has 1 aromatic rings. The van der Waals surface area contributed by atoms with Crippen LogP contribution in [-0.4, -0.2) is 6.04 Å². The lowest BCUT2D eigenvalue weighted by molar-refractivity contribution is 0.360. The van der Waals surface area contributed by atoms with Crippen LogP contribution in [0.15, 0.2) is 24.3 Å². The van der Waals surface area contributed by atoms with Crippen molar-refractivity contribution in [2.24, 2.45) is 11.7 Å². The van der Waals surface area contributed by atoms with Gasteiger partial charge < -0.3 is 5.73 Å². The Morgan fingerprint density at radius 2 is 1.47 bits per heavy atom. The number of nitrogens with two attached hydrogens (primary N) is 1. The molecule has 1 atom stereocenters. The Labute approximate surface area is 119 Å². The molecule has 0 aliphatic carbocycles. The zero-order valence-electron chi connectivity index (χ0n) is 13.2. The lowest BCUT2D eigenvalue weighted by atomic mass is 9.87. The smallest absolute Gasteiger partial charge is 0.0108 e. The van der Waals surface area contributed by atoms with Crippen molar-refractivity contribution in [1.82, 2.24) is 0 Å². The Kier molecular flexibility index (Phi) is 7.15. The molecule has 0 bridgehead atoms. The number of benzene rings is 1. The number of hydrogen-bond acceptors (Lipinski definition) is 1. The molecule has 0 fully saturated rings. The van der Waals surface area contributed by atoms with Crippen LogP contribution in [0.1, 0.15) is 70.4 Å². The molecule has 19 heavy (non-hydrogen) atoms. The van der Waals surface area contributed by atoms with Crippen molar-refractivity contribution in [1.29, 1.82) is 0 Å². The lowest BCUT2D eigenvalue weighted by Gasteiger charge is -2.23. The van der Waals surface area contributed by atoms with E-state index in [1.807, 2.05) is 0 Å². The Morgan fingerprint density at radius 3 is 1.89 bits per heavy atom. The quantitative estimate of drug-likeness (QED) is 0.708. The van der Waals surface area contributed by atoms with Crippen molar-refractivity contribution >= 4 is 0 Å². The summed E-state index contributed by atoms with van der Waals surface area (Å²) < 4.78 is 0. The van der Waals surface area contributed by atoms with E-state index in [1.165, 1.54) is 36.8 Å². The average Bonchev–Trinajstić information content (AvgIpc) is 2.39. The first-order chi connectivity index (χ1) is 9.08. The zero-order valence-corrected chi connectivity index (χ0v) is 13.2. The standard InChI is InChI=1S/C18H31N/c1-5-7-17(8-6-2)18(19)13-15-9-11-16(12-10-15)14(3)4/h9-12,14,17-18H,5-8,13,19H2,1-4H3. The molecule has 0 radical (unpaired) electrons. The molecule has 0 aliphatic rings. The third-order valence-electron chi connectivity index (χ3n) is 4.04. The van der Waals surface area contributed by atoms with Gasteiger partial charge in [-0.3, -0.25) is 0 Å². The van der Waals surface area contributed by atoms with Crippen molar-refractivity contribution < 1.29 is 0 Å². The summed E-state index contributed by atoms with van der Waals surface area (Å²) in [6, 6.07) is 9.32. The SMILES string of the molecule is CCCC(CCC)C(N)Cc1ccc(C(C)C)cc1. The van der Waals surface area contributed by atoms with Crippen LogP contribution in [0.25, 0.3) is 0 Å². The van der Waals surface area contributed by atoms with E-state index in [2.05, 4.69) is 52.0 Å². The summed E-state index contributed by atoms with van der Waals surface area (Å²) in [5, 5.41) is 0. The van der Waals surface area contributed by atoms with Crippen LogP contribution in [0.2, 0.25) is 0 Å². The van der Waals surface area contributed by atoms with Crippen LogP contribution in [0.4, 0.5) is 0 Å². The van der Waals surface area contributed by atoms with E-state index in [0.717, 1.165) is 6.42 Å². The minimum absolute atomic E-state index is 0.310. The molecular formula is C18H31N. The van der Waals surface area contributed by atoms with Crippen molar-refractivity contribution in [3.05, 3.63) is 35.4 Å². The molecule has 0 heterocycles. The summed E-state index contributed by atoms with van der Waals surface area (Å²) in [5.41, 5.74) is 9.22. The van der Waals surface area contributed by atoms with Gasteiger partial charge in [0.05, 0.1) is 0 Å². The fourth-order valence-electron chi connectivity index (χ4n) is 2.79. The van der Waals surface area contributed by atoms with E-state index in [0.29, 0.717) is 17.9 Å². The van der Waals surface area contributed by atoms with Crippen molar-refractivity contribution in [3.63, 3.8) is 0 Å². The average molecular weight is 261 g/mol. The Hall–Kier alpha value is -0.820. The minimum Gasteiger partial charge on any atom is -0.327 e. The van der Waals surface area contributed by atoms with Gasteiger partial charge in [0.1, 0.15) is 0 Å². The molecule has 2 N–H and O–H groups in total. The molecule has 0 aromatic heterocycles. The number of hydrogen-bond donors (Lipinski definition) is 1. The topological polar surface area (TPSA) is 26.0 Å². The highest BCUT2D eigenvalue weighted by atomic mass is 14.6. The van der Waals surface area contributed by atoms with Crippen molar-refractivity contribution in [2.45, 2.75) is 71.8 Å². The third-order valence-corrected chi connectivity index (χ3v) is 4.04. The van der Waals surface area contributed by atoms with E-state index >= 15 is 0 Å². The predicted molar refractivity (Wildman–Crippen MR) is 85.5 cm³/mol. The third kappa shape index (κ3) is 5.36. The van der Waals surface area contributed by atoms with Crippen LogP contribution >= 0.6 is 0 Å². The maximum absolute atomic E-state index is 6.42. The van der Waals surface area contributed by atoms with Gasteiger partial charge >= 0.3 is 0 Å². The second-order valence-corrected chi connectivity index (χ2v) is 6.10. The highest BCUT2D eigenvalue weighted by Crippen LogP contribution is 2.21. The van der Waals surface area contributed by atoms with Crippen LogP contribution in [0, 0.1) is 5.92 Å². The van der Waals surface area contributed by atoms with Gasteiger partial charge in [-0.1, -0.05) is 64.8 Å². The van der Waals surface area contributed by atoms with Crippen molar-refractivity contribution in [3.8, 4) is 0 Å². The molecule has 1 nitrogen and oxygen atoms in total. The van der Waals surface area contributed by atoms with Gasteiger partial charge in [0.2, 0.25) is 0 Å². The Morgan fingerprint density at radius 1 is 0.947 bits per heavy atom. The maximum Gasteiger partial charge on any atom is 0.0108 e. The molecule has 0 amide bonds. The van der Waals surface area contributed by atoms with E-state index < -0.39 is 0 Å². The molecule has 1 aromatic carbocycles. The molecule has 1 unspecified atom stereocenters. The highest BCUT2D eigenvalue weighted by molar-refractivity contribution is 5.25. The van der Waals surface area contributed by atoms with Gasteiger partial charge in [-0.25, -0.2) is 0 Å². The summed E-state index contributed by atoms with van der Waals surface area (Å²) in [4.78, 5) is 0. The summed E-state index contributed by atoms with van der Waals surface area (Å²) in [6.07, 6.45) is 6.02. The van der Waals surface area contributed by atoms with E-state index in [1.54, 1.807) is 0 Å². The molecule has 1 heteroatoms. The highest BCUT2D eigenvalue weighted by Gasteiger charge is 2.16. The molecule has 1 rings (SSSR count). The first-order valence-electron chi connectivity index (χ1n) is 7.92. The Balaban J connectivity index is 2.61. The first-order valence-corrected chi connectivity index (χ1v) is 7.92. The minimum atomic E-state index is 0.310. The van der Waals surface area contributed by atoms with Gasteiger partial charge in [-0.2, -0.15) is 0 Å². The fraction of sp³-hybridized carbons (Fsp3) is 0.667. The number of rotatable bonds is 8. The van der Waals surface area contributed by atoms with E-state index in [4.69, 9.17) is 5.73 Å². The molecule has 0 saturated heterocycles. The first kappa shape index (κ1) is 16.2. The molecule has 0 saturated carbocycles. The lowest BCUT2D eigenvalue weighted by Crippen LogP contribution is -2.32. The largest absolute Gasteiger partial charge is 0.327 e. The maximum atomic E-state index is 6.42. The molecule has 0 spiro atoms. The van der Waals surface area contributed by atoms with Gasteiger partial charge in [0.15, 0.2) is 0 Å². The second kappa shape index (κ2) is 8.37. The molecular weight excluding hydrogens is 230 g/mol. The fourth-order valence-corrected chi connectivity index (χ4v) is 2.79. The van der Waals surface area contributed by atoms with E-state index in [-0.39, 0.29) is 0 Å². The van der Waals surface area contributed by atoms with Crippen LogP contribution in [0.5, 0.6) is 0 Å². The predicted octanol–water partition coefficient (Wildman–Crippen LogP) is 4.90. The molecule has 108 valence electrons.